The maximum Gasteiger partial charge on any atom is 0.346 e. The van der Waals surface area contributed by atoms with Gasteiger partial charge in [-0.1, -0.05) is 34.1 Å². The first-order valence-corrected chi connectivity index (χ1v) is 6.03. The molecule has 0 spiro atoms. The Morgan fingerprint density at radius 2 is 1.28 bits per heavy atom. The number of halogens is 1. The molecule has 0 N–H and O–H groups in total. The molecule has 0 radical (unpaired) electrons. The van der Waals surface area contributed by atoms with Gasteiger partial charge in [-0.3, -0.25) is 0 Å². The van der Waals surface area contributed by atoms with Crippen molar-refractivity contribution in [3.8, 4) is 0 Å². The molecule has 18 heavy (non-hydrogen) atoms. The zero-order valence-electron chi connectivity index (χ0n) is 9.30. The van der Waals surface area contributed by atoms with Crippen molar-refractivity contribution in [1.29, 1.82) is 0 Å². The van der Waals surface area contributed by atoms with Gasteiger partial charge in [0.25, 0.3) is 0 Å². The molecule has 0 fully saturated rings. The summed E-state index contributed by atoms with van der Waals surface area (Å²) in [7, 11) is 0. The summed E-state index contributed by atoms with van der Waals surface area (Å²) in [4.78, 5) is 23.3. The van der Waals surface area contributed by atoms with Gasteiger partial charge in [0.2, 0.25) is 0 Å². The highest BCUT2D eigenvalue weighted by molar-refractivity contribution is 9.10. The van der Waals surface area contributed by atoms with Crippen molar-refractivity contribution in [2.45, 2.75) is 0 Å². The lowest BCUT2D eigenvalue weighted by atomic mass is 10.2. The minimum atomic E-state index is -0.656. The first-order valence-electron chi connectivity index (χ1n) is 5.24. The van der Waals surface area contributed by atoms with E-state index in [2.05, 4.69) is 15.9 Å². The van der Waals surface area contributed by atoms with Crippen LogP contribution in [0.2, 0.25) is 0 Å². The van der Waals surface area contributed by atoms with Crippen LogP contribution < -0.4 is 0 Å². The van der Waals surface area contributed by atoms with E-state index in [-0.39, 0.29) is 0 Å². The molecule has 0 aliphatic rings. The molecular formula is C14H9BrO3. The van der Waals surface area contributed by atoms with Gasteiger partial charge in [0.05, 0.1) is 11.1 Å². The summed E-state index contributed by atoms with van der Waals surface area (Å²) in [5.74, 6) is -1.31. The second-order valence-electron chi connectivity index (χ2n) is 3.55. The van der Waals surface area contributed by atoms with Crippen molar-refractivity contribution < 1.29 is 14.3 Å². The zero-order valence-corrected chi connectivity index (χ0v) is 10.9. The molecule has 3 nitrogen and oxygen atoms in total. The molecule has 2 rings (SSSR count). The largest absolute Gasteiger partial charge is 0.386 e. The van der Waals surface area contributed by atoms with E-state index in [1.165, 1.54) is 0 Å². The van der Waals surface area contributed by atoms with Gasteiger partial charge in [0.15, 0.2) is 0 Å². The van der Waals surface area contributed by atoms with Crippen molar-refractivity contribution in [2.24, 2.45) is 0 Å². The van der Waals surface area contributed by atoms with Crippen LogP contribution in [-0.2, 0) is 4.74 Å². The maximum atomic E-state index is 11.7. The molecule has 0 aromatic heterocycles. The lowest BCUT2D eigenvalue weighted by molar-refractivity contribution is 0.0398. The van der Waals surface area contributed by atoms with E-state index < -0.39 is 11.9 Å². The highest BCUT2D eigenvalue weighted by Crippen LogP contribution is 2.12. The van der Waals surface area contributed by atoms with Crippen LogP contribution in [-0.4, -0.2) is 11.9 Å². The van der Waals surface area contributed by atoms with Crippen LogP contribution in [0.1, 0.15) is 20.7 Å². The number of hydrogen-bond acceptors (Lipinski definition) is 3. The van der Waals surface area contributed by atoms with E-state index in [0.29, 0.717) is 11.1 Å². The molecule has 0 aliphatic heterocycles. The van der Waals surface area contributed by atoms with Gasteiger partial charge in [-0.15, -0.1) is 0 Å². The van der Waals surface area contributed by atoms with Gasteiger partial charge >= 0.3 is 11.9 Å². The van der Waals surface area contributed by atoms with Crippen LogP contribution >= 0.6 is 15.9 Å². The lowest BCUT2D eigenvalue weighted by Gasteiger charge is -2.03. The minimum Gasteiger partial charge on any atom is -0.386 e. The average Bonchev–Trinajstić information content (AvgIpc) is 2.40. The Balaban J connectivity index is 2.08. The molecule has 2 aromatic carbocycles. The molecule has 0 amide bonds. The number of hydrogen-bond donors (Lipinski definition) is 0. The maximum absolute atomic E-state index is 11.7. The average molecular weight is 305 g/mol. The van der Waals surface area contributed by atoms with E-state index in [1.54, 1.807) is 54.6 Å². The van der Waals surface area contributed by atoms with E-state index >= 15 is 0 Å². The van der Waals surface area contributed by atoms with Crippen molar-refractivity contribution >= 4 is 27.9 Å². The third-order valence-electron chi connectivity index (χ3n) is 2.27. The monoisotopic (exact) mass is 304 g/mol. The Morgan fingerprint density at radius 1 is 0.778 bits per heavy atom. The smallest absolute Gasteiger partial charge is 0.346 e. The summed E-state index contributed by atoms with van der Waals surface area (Å²) in [6.45, 7) is 0. The van der Waals surface area contributed by atoms with Crippen molar-refractivity contribution in [2.75, 3.05) is 0 Å². The third-order valence-corrected chi connectivity index (χ3v) is 2.80. The SMILES string of the molecule is O=C(OC(=O)c1ccc(Br)cc1)c1ccccc1. The topological polar surface area (TPSA) is 43.4 Å². The molecule has 2 aromatic rings. The van der Waals surface area contributed by atoms with E-state index in [4.69, 9.17) is 4.74 Å². The van der Waals surface area contributed by atoms with E-state index in [0.717, 1.165) is 4.47 Å². The Kier molecular flexibility index (Phi) is 3.89. The van der Waals surface area contributed by atoms with Crippen LogP contribution in [0.4, 0.5) is 0 Å². The van der Waals surface area contributed by atoms with Gasteiger partial charge < -0.3 is 4.74 Å². The summed E-state index contributed by atoms with van der Waals surface area (Å²) in [6, 6.07) is 15.0. The lowest BCUT2D eigenvalue weighted by Crippen LogP contribution is -2.12. The van der Waals surface area contributed by atoms with Crippen molar-refractivity contribution in [1.82, 2.24) is 0 Å². The van der Waals surface area contributed by atoms with Crippen molar-refractivity contribution in [3.63, 3.8) is 0 Å². The summed E-state index contributed by atoms with van der Waals surface area (Å²) in [5.41, 5.74) is 0.686. The van der Waals surface area contributed by atoms with Crippen LogP contribution in [0.5, 0.6) is 0 Å². The predicted octanol–water partition coefficient (Wildman–Crippen LogP) is 3.45. The third kappa shape index (κ3) is 3.05. The van der Waals surface area contributed by atoms with E-state index in [9.17, 15) is 9.59 Å². The number of rotatable bonds is 2. The summed E-state index contributed by atoms with van der Waals surface area (Å²) >= 11 is 3.26. The van der Waals surface area contributed by atoms with Crippen LogP contribution in [0.15, 0.2) is 59.1 Å². The van der Waals surface area contributed by atoms with Crippen molar-refractivity contribution in [3.05, 3.63) is 70.2 Å². The molecular weight excluding hydrogens is 296 g/mol. The quantitative estimate of drug-likeness (QED) is 0.630. The normalized spacial score (nSPS) is 9.83. The summed E-state index contributed by atoms with van der Waals surface area (Å²) in [6.07, 6.45) is 0. The Bertz CT molecular complexity index is 561. The number of esters is 2. The number of benzene rings is 2. The van der Waals surface area contributed by atoms with Gasteiger partial charge in [0, 0.05) is 4.47 Å². The first-order chi connectivity index (χ1) is 8.66. The van der Waals surface area contributed by atoms with Gasteiger partial charge in [-0.2, -0.15) is 0 Å². The fourth-order valence-corrected chi connectivity index (χ4v) is 1.63. The number of ether oxygens (including phenoxy) is 1. The Hall–Kier alpha value is -1.94. The molecule has 0 saturated heterocycles. The fraction of sp³-hybridized carbons (Fsp3) is 0. The van der Waals surface area contributed by atoms with E-state index in [1.807, 2.05) is 0 Å². The highest BCUT2D eigenvalue weighted by Gasteiger charge is 2.14. The summed E-state index contributed by atoms with van der Waals surface area (Å²) in [5, 5.41) is 0. The molecule has 0 saturated carbocycles. The Labute approximate surface area is 113 Å². The molecule has 4 heteroatoms. The zero-order chi connectivity index (χ0) is 13.0. The van der Waals surface area contributed by atoms with Crippen LogP contribution in [0.25, 0.3) is 0 Å². The molecule has 0 heterocycles. The standard InChI is InChI=1S/C14H9BrO3/c15-12-8-6-11(7-9-12)14(17)18-13(16)10-4-2-1-3-5-10/h1-9H. The van der Waals surface area contributed by atoms with Gasteiger partial charge in [-0.05, 0) is 36.4 Å². The molecule has 0 bridgehead atoms. The molecule has 90 valence electrons. The first kappa shape index (κ1) is 12.5. The Morgan fingerprint density at radius 3 is 1.83 bits per heavy atom. The molecule has 0 aliphatic carbocycles. The van der Waals surface area contributed by atoms with Gasteiger partial charge in [-0.25, -0.2) is 9.59 Å². The van der Waals surface area contributed by atoms with Gasteiger partial charge in [0.1, 0.15) is 0 Å². The molecule has 0 unspecified atom stereocenters. The second kappa shape index (κ2) is 5.60. The van der Waals surface area contributed by atoms with Crippen LogP contribution in [0.3, 0.4) is 0 Å². The highest BCUT2D eigenvalue weighted by atomic mass is 79.9. The number of carbonyl (C=O) groups is 2. The van der Waals surface area contributed by atoms with Crippen LogP contribution in [0, 0.1) is 0 Å². The fourth-order valence-electron chi connectivity index (χ4n) is 1.36. The summed E-state index contributed by atoms with van der Waals surface area (Å²) < 4.78 is 5.62. The number of carbonyl (C=O) groups excluding carboxylic acids is 2. The molecule has 0 atom stereocenters. The predicted molar refractivity (Wildman–Crippen MR) is 70.3 cm³/mol. The minimum absolute atomic E-state index is 0.336. The second-order valence-corrected chi connectivity index (χ2v) is 4.47.